The summed E-state index contributed by atoms with van der Waals surface area (Å²) in [5.74, 6) is -0.533. The molecule has 1 amide bonds. The summed E-state index contributed by atoms with van der Waals surface area (Å²) in [4.78, 5) is 18.1. The maximum absolute atomic E-state index is 13.0. The van der Waals surface area contributed by atoms with Gasteiger partial charge in [0.05, 0.1) is 4.90 Å². The Morgan fingerprint density at radius 1 is 1.07 bits per heavy atom. The molecule has 0 spiro atoms. The van der Waals surface area contributed by atoms with E-state index in [1.807, 2.05) is 18.2 Å². The summed E-state index contributed by atoms with van der Waals surface area (Å²) in [7, 11) is -0.508. The van der Waals surface area contributed by atoms with Gasteiger partial charge in [-0.3, -0.25) is 9.78 Å². The van der Waals surface area contributed by atoms with Crippen LogP contribution in [0.1, 0.15) is 18.5 Å². The predicted molar refractivity (Wildman–Crippen MR) is 101 cm³/mol. The van der Waals surface area contributed by atoms with Crippen LogP contribution in [0.3, 0.4) is 0 Å². The molecule has 8 heteroatoms. The van der Waals surface area contributed by atoms with Crippen molar-refractivity contribution in [1.29, 1.82) is 0 Å². The standard InChI is InChI=1S/C19H24FN3O3S/c1-22(15-12-17-6-3-4-13-21-17)19(24)7-5-14-23(2)27(25,26)18-10-8-16(20)9-11-18/h3-4,6,8-11,13H,5,7,12,14-15H2,1-2H3. The summed E-state index contributed by atoms with van der Waals surface area (Å²) in [6, 6.07) is 10.3. The van der Waals surface area contributed by atoms with E-state index in [1.165, 1.54) is 23.5 Å². The van der Waals surface area contributed by atoms with Crippen molar-refractivity contribution in [3.05, 3.63) is 60.2 Å². The molecule has 0 unspecified atom stereocenters. The molecule has 6 nitrogen and oxygen atoms in total. The smallest absolute Gasteiger partial charge is 0.242 e. The van der Waals surface area contributed by atoms with Crippen molar-refractivity contribution in [2.24, 2.45) is 0 Å². The van der Waals surface area contributed by atoms with Crippen molar-refractivity contribution in [2.45, 2.75) is 24.2 Å². The highest BCUT2D eigenvalue weighted by Crippen LogP contribution is 2.15. The molecule has 1 aromatic heterocycles. The molecular formula is C19H24FN3O3S. The van der Waals surface area contributed by atoms with E-state index in [9.17, 15) is 17.6 Å². The second kappa shape index (κ2) is 9.57. The van der Waals surface area contributed by atoms with E-state index < -0.39 is 15.8 Å². The number of carbonyl (C=O) groups is 1. The van der Waals surface area contributed by atoms with Crippen molar-refractivity contribution >= 4 is 15.9 Å². The van der Waals surface area contributed by atoms with E-state index in [1.54, 1.807) is 18.1 Å². The lowest BCUT2D eigenvalue weighted by Crippen LogP contribution is -2.31. The molecule has 0 fully saturated rings. The van der Waals surface area contributed by atoms with Gasteiger partial charge in [-0.1, -0.05) is 6.07 Å². The quantitative estimate of drug-likeness (QED) is 0.656. The molecule has 0 N–H and O–H groups in total. The zero-order valence-electron chi connectivity index (χ0n) is 15.5. The van der Waals surface area contributed by atoms with Gasteiger partial charge in [-0.15, -0.1) is 0 Å². The zero-order chi connectivity index (χ0) is 19.9. The summed E-state index contributed by atoms with van der Waals surface area (Å²) < 4.78 is 39.0. The molecule has 146 valence electrons. The highest BCUT2D eigenvalue weighted by Gasteiger charge is 2.20. The summed E-state index contributed by atoms with van der Waals surface area (Å²) in [6.45, 7) is 0.763. The Labute approximate surface area is 159 Å². The first-order valence-electron chi connectivity index (χ1n) is 8.66. The Balaban J connectivity index is 1.78. The molecule has 0 aliphatic carbocycles. The molecule has 0 saturated heterocycles. The third kappa shape index (κ3) is 6.11. The molecule has 0 aliphatic rings. The van der Waals surface area contributed by atoms with E-state index in [4.69, 9.17) is 0 Å². The minimum absolute atomic E-state index is 0.0326. The Morgan fingerprint density at radius 2 is 1.78 bits per heavy atom. The first-order chi connectivity index (χ1) is 12.8. The number of aromatic nitrogens is 1. The molecule has 2 aromatic rings. The summed E-state index contributed by atoms with van der Waals surface area (Å²) >= 11 is 0. The number of likely N-dealkylation sites (N-methyl/N-ethyl adjacent to an activating group) is 1. The number of hydrogen-bond acceptors (Lipinski definition) is 4. The topological polar surface area (TPSA) is 70.6 Å². The number of nitrogens with zero attached hydrogens (tertiary/aromatic N) is 3. The van der Waals surface area contributed by atoms with Gasteiger partial charge in [-0.2, -0.15) is 0 Å². The van der Waals surface area contributed by atoms with Crippen LogP contribution >= 0.6 is 0 Å². The number of benzene rings is 1. The molecule has 2 rings (SSSR count). The largest absolute Gasteiger partial charge is 0.345 e. The number of sulfonamides is 1. The van der Waals surface area contributed by atoms with Crippen LogP contribution in [0.5, 0.6) is 0 Å². The van der Waals surface area contributed by atoms with Crippen LogP contribution in [-0.4, -0.2) is 55.7 Å². The normalized spacial score (nSPS) is 11.6. The molecule has 0 radical (unpaired) electrons. The number of pyridine rings is 1. The van der Waals surface area contributed by atoms with Crippen molar-refractivity contribution in [3.63, 3.8) is 0 Å². The SMILES string of the molecule is CN(CCc1ccccn1)C(=O)CCCN(C)S(=O)(=O)c1ccc(F)cc1. The van der Waals surface area contributed by atoms with E-state index in [-0.39, 0.29) is 23.8 Å². The highest BCUT2D eigenvalue weighted by molar-refractivity contribution is 7.89. The molecule has 27 heavy (non-hydrogen) atoms. The van der Waals surface area contributed by atoms with Crippen LogP contribution in [0.4, 0.5) is 4.39 Å². The maximum Gasteiger partial charge on any atom is 0.242 e. The monoisotopic (exact) mass is 393 g/mol. The molecule has 0 bridgehead atoms. The fraction of sp³-hybridized carbons (Fsp3) is 0.368. The molecule has 0 aliphatic heterocycles. The van der Waals surface area contributed by atoms with Crippen LogP contribution < -0.4 is 0 Å². The van der Waals surface area contributed by atoms with Crippen LogP contribution in [0.15, 0.2) is 53.6 Å². The predicted octanol–water partition coefficient (Wildman–Crippen LogP) is 2.32. The Morgan fingerprint density at radius 3 is 2.41 bits per heavy atom. The van der Waals surface area contributed by atoms with Gasteiger partial charge < -0.3 is 4.90 Å². The third-order valence-corrected chi connectivity index (χ3v) is 6.11. The van der Waals surface area contributed by atoms with Crippen LogP contribution in [0.25, 0.3) is 0 Å². The number of amides is 1. The molecule has 0 saturated carbocycles. The van der Waals surface area contributed by atoms with E-state index in [0.717, 1.165) is 17.8 Å². The van der Waals surface area contributed by atoms with E-state index in [2.05, 4.69) is 4.98 Å². The van der Waals surface area contributed by atoms with Gasteiger partial charge in [-0.25, -0.2) is 17.1 Å². The molecule has 1 heterocycles. The van der Waals surface area contributed by atoms with Crippen molar-refractivity contribution in [2.75, 3.05) is 27.2 Å². The lowest BCUT2D eigenvalue weighted by molar-refractivity contribution is -0.130. The van der Waals surface area contributed by atoms with Gasteiger partial charge in [0, 0.05) is 51.9 Å². The minimum Gasteiger partial charge on any atom is -0.345 e. The lowest BCUT2D eigenvalue weighted by Gasteiger charge is -2.19. The van der Waals surface area contributed by atoms with Crippen molar-refractivity contribution in [1.82, 2.24) is 14.2 Å². The maximum atomic E-state index is 13.0. The number of carbonyl (C=O) groups excluding carboxylic acids is 1. The number of hydrogen-bond donors (Lipinski definition) is 0. The van der Waals surface area contributed by atoms with Crippen molar-refractivity contribution < 1.29 is 17.6 Å². The zero-order valence-corrected chi connectivity index (χ0v) is 16.3. The minimum atomic E-state index is -3.69. The summed E-state index contributed by atoms with van der Waals surface area (Å²) in [6.07, 6.45) is 3.04. The third-order valence-electron chi connectivity index (χ3n) is 4.24. The fourth-order valence-electron chi connectivity index (χ4n) is 2.50. The van der Waals surface area contributed by atoms with Gasteiger partial charge in [-0.05, 0) is 42.8 Å². The number of rotatable bonds is 9. The van der Waals surface area contributed by atoms with Crippen molar-refractivity contribution in [3.8, 4) is 0 Å². The first kappa shape index (κ1) is 21.0. The average Bonchev–Trinajstić information content (AvgIpc) is 2.67. The second-order valence-corrected chi connectivity index (χ2v) is 8.32. The Hall–Kier alpha value is -2.32. The van der Waals surface area contributed by atoms with Crippen LogP contribution in [-0.2, 0) is 21.2 Å². The molecule has 1 aromatic carbocycles. The van der Waals surface area contributed by atoms with Crippen LogP contribution in [0, 0.1) is 5.82 Å². The molecule has 0 atom stereocenters. The van der Waals surface area contributed by atoms with Gasteiger partial charge in [0.15, 0.2) is 0 Å². The molecular weight excluding hydrogens is 369 g/mol. The van der Waals surface area contributed by atoms with Gasteiger partial charge in [0.1, 0.15) is 5.82 Å². The highest BCUT2D eigenvalue weighted by atomic mass is 32.2. The summed E-state index contributed by atoms with van der Waals surface area (Å²) in [5.41, 5.74) is 0.919. The fourth-order valence-corrected chi connectivity index (χ4v) is 3.71. The first-order valence-corrected chi connectivity index (χ1v) is 10.1. The van der Waals surface area contributed by atoms with Gasteiger partial charge in [0.25, 0.3) is 0 Å². The summed E-state index contributed by atoms with van der Waals surface area (Å²) in [5, 5.41) is 0. The number of halogens is 1. The van der Waals surface area contributed by atoms with Gasteiger partial charge >= 0.3 is 0 Å². The van der Waals surface area contributed by atoms with E-state index in [0.29, 0.717) is 19.4 Å². The lowest BCUT2D eigenvalue weighted by atomic mass is 10.2. The second-order valence-electron chi connectivity index (χ2n) is 6.27. The Kier molecular flexibility index (Phi) is 7.44. The van der Waals surface area contributed by atoms with Gasteiger partial charge in [0.2, 0.25) is 15.9 Å². The van der Waals surface area contributed by atoms with Crippen LogP contribution in [0.2, 0.25) is 0 Å². The average molecular weight is 393 g/mol. The Bertz CT molecular complexity index is 842. The van der Waals surface area contributed by atoms with E-state index >= 15 is 0 Å².